The van der Waals surface area contributed by atoms with E-state index in [1.165, 1.54) is 6.07 Å². The third-order valence-electron chi connectivity index (χ3n) is 9.26. The van der Waals surface area contributed by atoms with E-state index in [2.05, 4.69) is 35.6 Å². The average Bonchev–Trinajstić information content (AvgIpc) is 3.81. The van der Waals surface area contributed by atoms with Crippen molar-refractivity contribution in [2.24, 2.45) is 5.11 Å². The van der Waals surface area contributed by atoms with Gasteiger partial charge in [-0.15, -0.1) is 0 Å². The van der Waals surface area contributed by atoms with Crippen LogP contribution in [0.2, 0.25) is 0 Å². The van der Waals surface area contributed by atoms with Gasteiger partial charge in [0.1, 0.15) is 22.6 Å². The fourth-order valence-corrected chi connectivity index (χ4v) is 6.35. The number of aliphatic hydroxyl groups is 1. The van der Waals surface area contributed by atoms with Crippen LogP contribution < -0.4 is 20.3 Å². The largest absolute Gasteiger partial charge is 0.461 e. The number of nitrogens with zero attached hydrogens (tertiary/aromatic N) is 7. The van der Waals surface area contributed by atoms with Gasteiger partial charge in [-0.05, 0) is 106 Å². The number of unbranched alkanes of at least 4 members (excludes halogenated alkanes) is 3. The zero-order valence-electron chi connectivity index (χ0n) is 31.6. The molecular formula is C41H47FN11O3+. The molecule has 5 N–H and O–H groups in total. The Kier molecular flexibility index (Phi) is 13.6. The second-order valence-electron chi connectivity index (χ2n) is 13.8. The Balaban J connectivity index is 0.927. The van der Waals surface area contributed by atoms with Crippen LogP contribution in [0.3, 0.4) is 0 Å². The van der Waals surface area contributed by atoms with Gasteiger partial charge >= 0.3 is 0 Å². The van der Waals surface area contributed by atoms with Crippen LogP contribution in [0.15, 0.2) is 90.7 Å². The number of nitrogens with one attached hydrogen (secondary N) is 4. The number of imidazole rings is 1. The summed E-state index contributed by atoms with van der Waals surface area (Å²) in [7, 11) is 0. The van der Waals surface area contributed by atoms with Crippen molar-refractivity contribution in [1.82, 2.24) is 39.7 Å². The Labute approximate surface area is 323 Å². The molecule has 0 spiro atoms. The van der Waals surface area contributed by atoms with Crippen LogP contribution in [-0.2, 0) is 17.6 Å². The number of benzene rings is 2. The number of H-pyrrole nitrogens is 1. The van der Waals surface area contributed by atoms with E-state index >= 15 is 0 Å². The lowest BCUT2D eigenvalue weighted by atomic mass is 10.1. The molecule has 0 aliphatic rings. The van der Waals surface area contributed by atoms with Crippen molar-refractivity contribution in [3.63, 3.8) is 0 Å². The van der Waals surface area contributed by atoms with Gasteiger partial charge in [-0.25, -0.2) is 19.3 Å². The maximum absolute atomic E-state index is 14.0. The average molecular weight is 761 g/mol. The molecule has 6 rings (SSSR count). The molecule has 0 aliphatic heterocycles. The third kappa shape index (κ3) is 10.7. The number of anilines is 1. The summed E-state index contributed by atoms with van der Waals surface area (Å²) >= 11 is 0. The number of fused-ring (bicyclic) bond motifs is 2. The number of rotatable bonds is 20. The molecule has 0 aliphatic carbocycles. The number of aromatic amines is 1. The number of halogens is 1. The van der Waals surface area contributed by atoms with Crippen LogP contribution in [0, 0.1) is 11.3 Å². The molecular weight excluding hydrogens is 714 g/mol. The molecule has 290 valence electrons. The van der Waals surface area contributed by atoms with Crippen molar-refractivity contribution >= 4 is 39.5 Å². The first-order valence-corrected chi connectivity index (χ1v) is 18.9. The molecule has 0 saturated heterocycles. The standard InChI is InChI=1S/C41H46FN11O3/c1-27(2)53-26-48-38-40(49-39(50-41(38)53)30-21-31(42)25-44-23-30)46-20-18-29-24-47-35-17-16-33(22-34(29)35)56-37(55)11-6-4-3-5-7-19-45-36(54)10-8-9-28-12-14-32(15-13-28)51-52-43/h6,11-17,21-27,37,43,47,55H,3-5,7-10,18-20H2,1-2H3,(H-,45,46,49,50,54)/p+1/b11-6+. The number of hydrogen-bond acceptors (Lipinski definition) is 10. The van der Waals surface area contributed by atoms with E-state index < -0.39 is 12.1 Å². The molecule has 0 radical (unpaired) electrons. The Morgan fingerprint density at radius 1 is 1.07 bits per heavy atom. The van der Waals surface area contributed by atoms with E-state index in [0.717, 1.165) is 66.8 Å². The lowest BCUT2D eigenvalue weighted by Gasteiger charge is -2.12. The highest BCUT2D eigenvalue weighted by Gasteiger charge is 2.17. The molecule has 2 aromatic carbocycles. The maximum Gasteiger partial charge on any atom is 0.220 e. The lowest BCUT2D eigenvalue weighted by molar-refractivity contribution is -0.121. The third-order valence-corrected chi connectivity index (χ3v) is 9.26. The summed E-state index contributed by atoms with van der Waals surface area (Å²) in [5.74, 6) is 1.05. The summed E-state index contributed by atoms with van der Waals surface area (Å²) in [5, 5.41) is 21.6. The van der Waals surface area contributed by atoms with Crippen molar-refractivity contribution in [2.45, 2.75) is 77.5 Å². The molecule has 1 amide bonds. The minimum absolute atomic E-state index is 0.0560. The van der Waals surface area contributed by atoms with Gasteiger partial charge in [-0.2, -0.15) is 0 Å². The van der Waals surface area contributed by atoms with Crippen molar-refractivity contribution in [1.29, 1.82) is 5.53 Å². The molecule has 15 heteroatoms. The quantitative estimate of drug-likeness (QED) is 0.0170. The first kappa shape index (κ1) is 39.4. The van der Waals surface area contributed by atoms with Gasteiger partial charge < -0.3 is 30.0 Å². The molecule has 6 aromatic rings. The number of carbonyl (C=O) groups excluding carboxylic acids is 1. The first-order chi connectivity index (χ1) is 27.3. The minimum atomic E-state index is -1.09. The zero-order chi connectivity index (χ0) is 39.3. The zero-order valence-corrected chi connectivity index (χ0v) is 31.6. The van der Waals surface area contributed by atoms with Gasteiger partial charge in [-0.1, -0.05) is 24.6 Å². The second kappa shape index (κ2) is 19.3. The number of pyridine rings is 1. The SMILES string of the molecule is CC(C)n1cnc2c(NCCc3c[nH]c4ccc(OC(O)/C=C/CCCCCNC(=O)CCCc5ccc(N=[N+]=N)cc5)cc34)nc(-c3cncc(F)c3)nc21. The number of allylic oxidation sites excluding steroid dienone is 1. The van der Waals surface area contributed by atoms with E-state index in [1.807, 2.05) is 73.2 Å². The van der Waals surface area contributed by atoms with Crippen molar-refractivity contribution in [2.75, 3.05) is 18.4 Å². The molecule has 4 aromatic heterocycles. The topological polar surface area (TPSA) is 193 Å². The number of aryl methyl sites for hydroxylation is 1. The highest BCUT2D eigenvalue weighted by atomic mass is 19.1. The fraction of sp³-hybridized carbons (Fsp3) is 0.341. The van der Waals surface area contributed by atoms with E-state index in [0.29, 0.717) is 65.7 Å². The highest BCUT2D eigenvalue weighted by Crippen LogP contribution is 2.28. The van der Waals surface area contributed by atoms with Crippen LogP contribution in [0.1, 0.15) is 69.5 Å². The summed E-state index contributed by atoms with van der Waals surface area (Å²) in [4.78, 5) is 36.5. The van der Waals surface area contributed by atoms with Gasteiger partial charge in [0, 0.05) is 54.4 Å². The predicted molar refractivity (Wildman–Crippen MR) is 213 cm³/mol. The van der Waals surface area contributed by atoms with E-state index in [1.54, 1.807) is 18.6 Å². The number of aliphatic hydroxyl groups excluding tert-OH is 1. The Hall–Kier alpha value is -6.31. The van der Waals surface area contributed by atoms with Crippen molar-refractivity contribution in [3.05, 3.63) is 103 Å². The molecule has 14 nitrogen and oxygen atoms in total. The van der Waals surface area contributed by atoms with Crippen molar-refractivity contribution < 1.29 is 19.0 Å². The Bertz CT molecular complexity index is 2310. The van der Waals surface area contributed by atoms with Gasteiger partial charge in [0.15, 0.2) is 28.1 Å². The predicted octanol–water partition coefficient (Wildman–Crippen LogP) is 7.88. The summed E-state index contributed by atoms with van der Waals surface area (Å²) in [6.45, 7) is 5.27. The summed E-state index contributed by atoms with van der Waals surface area (Å²) in [5.41, 5.74) is 12.3. The monoisotopic (exact) mass is 760 g/mol. The molecule has 0 fully saturated rings. The number of carbonyl (C=O) groups is 1. The van der Waals surface area contributed by atoms with Gasteiger partial charge in [0.2, 0.25) is 17.1 Å². The highest BCUT2D eigenvalue weighted by molar-refractivity contribution is 5.86. The molecule has 0 saturated carbocycles. The van der Waals surface area contributed by atoms with Gasteiger partial charge in [0.25, 0.3) is 0 Å². The second-order valence-corrected chi connectivity index (χ2v) is 13.8. The molecule has 4 heterocycles. The summed E-state index contributed by atoms with van der Waals surface area (Å²) in [6.07, 6.45) is 15.1. The van der Waals surface area contributed by atoms with E-state index in [-0.39, 0.29) is 11.9 Å². The van der Waals surface area contributed by atoms with Crippen LogP contribution in [-0.4, -0.2) is 59.9 Å². The Morgan fingerprint density at radius 2 is 1.93 bits per heavy atom. The lowest BCUT2D eigenvalue weighted by Crippen LogP contribution is -2.24. The van der Waals surface area contributed by atoms with Crippen LogP contribution in [0.5, 0.6) is 5.75 Å². The molecule has 56 heavy (non-hydrogen) atoms. The van der Waals surface area contributed by atoms with Crippen LogP contribution in [0.25, 0.3) is 33.5 Å². The first-order valence-electron chi connectivity index (χ1n) is 18.9. The summed E-state index contributed by atoms with van der Waals surface area (Å²) in [6, 6.07) is 14.7. The molecule has 1 unspecified atom stereocenters. The van der Waals surface area contributed by atoms with E-state index in [4.69, 9.17) is 20.2 Å². The number of hydrogen-bond donors (Lipinski definition) is 5. The minimum Gasteiger partial charge on any atom is -0.461 e. The Morgan fingerprint density at radius 3 is 2.73 bits per heavy atom. The molecule has 0 bridgehead atoms. The molecule has 1 atom stereocenters. The number of ether oxygens (including phenoxy) is 1. The maximum atomic E-state index is 14.0. The normalized spacial score (nSPS) is 12.0. The number of aromatic nitrogens is 6. The fourth-order valence-electron chi connectivity index (χ4n) is 6.35. The van der Waals surface area contributed by atoms with Crippen LogP contribution >= 0.6 is 0 Å². The van der Waals surface area contributed by atoms with E-state index in [9.17, 15) is 14.3 Å². The smallest absolute Gasteiger partial charge is 0.220 e. The van der Waals surface area contributed by atoms with Crippen molar-refractivity contribution in [3.8, 4) is 17.1 Å². The van der Waals surface area contributed by atoms with Gasteiger partial charge in [0.05, 0.1) is 12.5 Å². The summed E-state index contributed by atoms with van der Waals surface area (Å²) < 4.78 is 21.8. The van der Waals surface area contributed by atoms with Gasteiger partial charge in [-0.3, -0.25) is 9.78 Å². The number of amides is 1. The van der Waals surface area contributed by atoms with Crippen LogP contribution in [0.4, 0.5) is 15.9 Å².